The van der Waals surface area contributed by atoms with Crippen LogP contribution in [-0.4, -0.2) is 40.7 Å². The summed E-state index contributed by atoms with van der Waals surface area (Å²) in [5.74, 6) is 1.39. The zero-order valence-electron chi connectivity index (χ0n) is 20.8. The molecule has 3 heterocycles. The number of aromatic nitrogens is 3. The average Bonchev–Trinajstić information content (AvgIpc) is 3.26. The topological polar surface area (TPSA) is 58.0 Å². The van der Waals surface area contributed by atoms with Crippen LogP contribution in [0.4, 0.5) is 24.9 Å². The minimum atomic E-state index is -4.43. The smallest absolute Gasteiger partial charge is 0.364 e. The molecular weight excluding hydrogens is 477 g/mol. The Morgan fingerprint density at radius 1 is 0.946 bits per heavy atom. The molecular formula is C28H29F3N6. The van der Waals surface area contributed by atoms with Crippen LogP contribution in [0.5, 0.6) is 0 Å². The fraction of sp³-hybridized carbons (Fsp3) is 0.286. The lowest BCUT2D eigenvalue weighted by Gasteiger charge is -2.28. The van der Waals surface area contributed by atoms with Gasteiger partial charge in [0.2, 0.25) is 5.95 Å². The lowest BCUT2D eigenvalue weighted by Crippen LogP contribution is -2.44. The van der Waals surface area contributed by atoms with Crippen molar-refractivity contribution in [3.05, 3.63) is 84.1 Å². The summed E-state index contributed by atoms with van der Waals surface area (Å²) in [7, 11) is 1.86. The summed E-state index contributed by atoms with van der Waals surface area (Å²) in [6.07, 6.45) is -2.73. The molecule has 0 amide bonds. The number of pyridine rings is 1. The summed E-state index contributed by atoms with van der Waals surface area (Å²) in [6.45, 7) is 5.23. The monoisotopic (exact) mass is 506 g/mol. The molecule has 9 heteroatoms. The van der Waals surface area contributed by atoms with E-state index in [0.717, 1.165) is 49.3 Å². The second-order valence-corrected chi connectivity index (χ2v) is 9.19. The Bertz CT molecular complexity index is 1360. The molecule has 1 aliphatic rings. The molecule has 37 heavy (non-hydrogen) atoms. The van der Waals surface area contributed by atoms with Gasteiger partial charge in [-0.2, -0.15) is 13.2 Å². The van der Waals surface area contributed by atoms with E-state index in [1.165, 1.54) is 12.1 Å². The number of rotatable bonds is 6. The van der Waals surface area contributed by atoms with E-state index in [9.17, 15) is 13.2 Å². The van der Waals surface area contributed by atoms with Gasteiger partial charge in [-0.1, -0.05) is 42.5 Å². The second-order valence-electron chi connectivity index (χ2n) is 9.19. The maximum atomic E-state index is 13.6. The van der Waals surface area contributed by atoms with E-state index < -0.39 is 11.7 Å². The molecule has 6 nitrogen and oxygen atoms in total. The predicted octanol–water partition coefficient (Wildman–Crippen LogP) is 5.75. The standard InChI is InChI=1S/C28H29F3N6/c1-19(20-7-4-3-5-8-20)34-24-18-21(11-12-33-24)25-26(22-9-6-10-23(17-22)28(29,30)31)36(2)27(35-25)37-15-13-32-14-16-37/h3-12,17-19,32H,13-16H2,1-2H3,(H,33,34)/t19-/m0/s1. The maximum Gasteiger partial charge on any atom is 0.416 e. The minimum Gasteiger partial charge on any atom is -0.364 e. The van der Waals surface area contributed by atoms with E-state index in [-0.39, 0.29) is 6.04 Å². The number of nitrogens with zero attached hydrogens (tertiary/aromatic N) is 4. The van der Waals surface area contributed by atoms with Crippen LogP contribution in [0, 0.1) is 0 Å². The van der Waals surface area contributed by atoms with Crippen LogP contribution in [0.3, 0.4) is 0 Å². The fourth-order valence-corrected chi connectivity index (χ4v) is 4.71. The van der Waals surface area contributed by atoms with E-state index in [4.69, 9.17) is 4.98 Å². The van der Waals surface area contributed by atoms with Crippen molar-refractivity contribution in [3.63, 3.8) is 0 Å². The SMILES string of the molecule is C[C@H](Nc1cc(-c2nc(N3CCNCC3)n(C)c2-c2cccc(C(F)(F)F)c2)ccn1)c1ccccc1. The summed E-state index contributed by atoms with van der Waals surface area (Å²) >= 11 is 0. The van der Waals surface area contributed by atoms with Crippen molar-refractivity contribution in [3.8, 4) is 22.5 Å². The first-order valence-electron chi connectivity index (χ1n) is 12.3. The highest BCUT2D eigenvalue weighted by Crippen LogP contribution is 2.38. The number of imidazole rings is 1. The highest BCUT2D eigenvalue weighted by Gasteiger charge is 2.31. The minimum absolute atomic E-state index is 0.0204. The Kier molecular flexibility index (Phi) is 6.88. The fourth-order valence-electron chi connectivity index (χ4n) is 4.71. The van der Waals surface area contributed by atoms with E-state index in [2.05, 4.69) is 27.4 Å². The molecule has 1 fully saturated rings. The van der Waals surface area contributed by atoms with Crippen LogP contribution in [0.15, 0.2) is 72.9 Å². The van der Waals surface area contributed by atoms with Crippen molar-refractivity contribution in [1.82, 2.24) is 19.9 Å². The second kappa shape index (κ2) is 10.3. The van der Waals surface area contributed by atoms with Gasteiger partial charge < -0.3 is 20.1 Å². The number of piperazine rings is 1. The van der Waals surface area contributed by atoms with Crippen molar-refractivity contribution >= 4 is 11.8 Å². The summed E-state index contributed by atoms with van der Waals surface area (Å²) in [4.78, 5) is 11.6. The van der Waals surface area contributed by atoms with E-state index in [1.807, 2.05) is 54.1 Å². The van der Waals surface area contributed by atoms with Gasteiger partial charge in [0, 0.05) is 56.6 Å². The van der Waals surface area contributed by atoms with Gasteiger partial charge in [-0.3, -0.25) is 0 Å². The van der Waals surface area contributed by atoms with Gasteiger partial charge >= 0.3 is 6.18 Å². The molecule has 4 aromatic rings. The van der Waals surface area contributed by atoms with Gasteiger partial charge in [-0.05, 0) is 36.8 Å². The van der Waals surface area contributed by atoms with Gasteiger partial charge in [0.15, 0.2) is 0 Å². The Morgan fingerprint density at radius 2 is 1.70 bits per heavy atom. The van der Waals surface area contributed by atoms with Crippen molar-refractivity contribution in [2.45, 2.75) is 19.1 Å². The Morgan fingerprint density at radius 3 is 2.43 bits per heavy atom. The lowest BCUT2D eigenvalue weighted by atomic mass is 10.0. The molecule has 1 saturated heterocycles. The Labute approximate surface area is 214 Å². The van der Waals surface area contributed by atoms with E-state index >= 15 is 0 Å². The Hall–Kier alpha value is -3.85. The third kappa shape index (κ3) is 5.32. The average molecular weight is 507 g/mol. The van der Waals surface area contributed by atoms with Crippen LogP contribution in [0.2, 0.25) is 0 Å². The molecule has 0 saturated carbocycles. The molecule has 5 rings (SSSR count). The normalized spacial score (nSPS) is 15.0. The quantitative estimate of drug-likeness (QED) is 0.349. The highest BCUT2D eigenvalue weighted by atomic mass is 19.4. The van der Waals surface area contributed by atoms with Gasteiger partial charge in [0.25, 0.3) is 0 Å². The predicted molar refractivity (Wildman–Crippen MR) is 140 cm³/mol. The van der Waals surface area contributed by atoms with Crippen LogP contribution < -0.4 is 15.5 Å². The first-order chi connectivity index (χ1) is 17.8. The summed E-state index contributed by atoms with van der Waals surface area (Å²) < 4.78 is 42.6. The van der Waals surface area contributed by atoms with Crippen LogP contribution >= 0.6 is 0 Å². The molecule has 192 valence electrons. The number of hydrogen-bond donors (Lipinski definition) is 2. The van der Waals surface area contributed by atoms with Gasteiger partial charge in [0.1, 0.15) is 5.82 Å². The molecule has 1 atom stereocenters. The number of anilines is 2. The first kappa shape index (κ1) is 24.8. The highest BCUT2D eigenvalue weighted by molar-refractivity contribution is 5.82. The lowest BCUT2D eigenvalue weighted by molar-refractivity contribution is -0.137. The molecule has 0 radical (unpaired) electrons. The number of nitrogens with one attached hydrogen (secondary N) is 2. The van der Waals surface area contributed by atoms with Gasteiger partial charge in [0.05, 0.1) is 17.0 Å². The maximum absolute atomic E-state index is 13.6. The van der Waals surface area contributed by atoms with Crippen LogP contribution in [0.1, 0.15) is 24.1 Å². The third-order valence-corrected chi connectivity index (χ3v) is 6.63. The van der Waals surface area contributed by atoms with E-state index in [0.29, 0.717) is 22.8 Å². The zero-order valence-corrected chi connectivity index (χ0v) is 20.8. The molecule has 2 N–H and O–H groups in total. The van der Waals surface area contributed by atoms with Crippen molar-refractivity contribution in [2.24, 2.45) is 7.05 Å². The summed E-state index contributed by atoms with van der Waals surface area (Å²) in [5.41, 5.74) is 2.93. The molecule has 0 unspecified atom stereocenters. The van der Waals surface area contributed by atoms with E-state index in [1.54, 1.807) is 12.3 Å². The molecule has 1 aliphatic heterocycles. The van der Waals surface area contributed by atoms with Crippen LogP contribution in [-0.2, 0) is 13.2 Å². The van der Waals surface area contributed by atoms with Crippen molar-refractivity contribution in [2.75, 3.05) is 36.4 Å². The zero-order chi connectivity index (χ0) is 26.0. The molecule has 0 spiro atoms. The first-order valence-corrected chi connectivity index (χ1v) is 12.3. The summed E-state index contributed by atoms with van der Waals surface area (Å²) in [6, 6.07) is 19.3. The number of hydrogen-bond acceptors (Lipinski definition) is 5. The Balaban J connectivity index is 1.58. The van der Waals surface area contributed by atoms with Gasteiger partial charge in [-0.25, -0.2) is 9.97 Å². The molecule has 2 aromatic carbocycles. The number of benzene rings is 2. The molecule has 0 bridgehead atoms. The third-order valence-electron chi connectivity index (χ3n) is 6.63. The van der Waals surface area contributed by atoms with Crippen molar-refractivity contribution < 1.29 is 13.2 Å². The van der Waals surface area contributed by atoms with Crippen molar-refractivity contribution in [1.29, 1.82) is 0 Å². The molecule has 2 aromatic heterocycles. The number of alkyl halides is 3. The molecule has 0 aliphatic carbocycles. The van der Waals surface area contributed by atoms with Crippen LogP contribution in [0.25, 0.3) is 22.5 Å². The largest absolute Gasteiger partial charge is 0.416 e. The summed E-state index contributed by atoms with van der Waals surface area (Å²) in [5, 5.41) is 6.76. The van der Waals surface area contributed by atoms with Gasteiger partial charge in [-0.15, -0.1) is 0 Å². The number of halogens is 3.